The highest BCUT2D eigenvalue weighted by Gasteiger charge is 2.23. The second-order valence-electron chi connectivity index (χ2n) is 8.06. The SMILES string of the molecule is N#Cc1cccc(Nc2ccc(-c3ccc(C4CCC(CC(=O)O)CC4)cc3)nn2)c1. The van der Waals surface area contributed by atoms with Crippen molar-refractivity contribution in [3.63, 3.8) is 0 Å². The molecule has 0 radical (unpaired) electrons. The van der Waals surface area contributed by atoms with Crippen LogP contribution in [0.3, 0.4) is 0 Å². The van der Waals surface area contributed by atoms with Crippen molar-refractivity contribution in [2.45, 2.75) is 38.0 Å². The average molecular weight is 412 g/mol. The molecule has 0 unspecified atom stereocenters. The molecule has 4 rings (SSSR count). The van der Waals surface area contributed by atoms with Gasteiger partial charge in [0.1, 0.15) is 0 Å². The van der Waals surface area contributed by atoms with Gasteiger partial charge in [0, 0.05) is 17.7 Å². The minimum Gasteiger partial charge on any atom is -0.481 e. The lowest BCUT2D eigenvalue weighted by Gasteiger charge is -2.28. The number of nitriles is 1. The number of rotatable bonds is 6. The van der Waals surface area contributed by atoms with E-state index in [1.54, 1.807) is 12.1 Å². The number of carboxylic acid groups (broad SMARTS) is 1. The molecule has 1 aliphatic carbocycles. The van der Waals surface area contributed by atoms with E-state index in [0.29, 0.717) is 29.6 Å². The first-order valence-corrected chi connectivity index (χ1v) is 10.5. The molecule has 1 heterocycles. The number of carboxylic acids is 1. The molecule has 0 spiro atoms. The number of anilines is 2. The number of nitrogens with zero attached hydrogens (tertiary/aromatic N) is 3. The van der Waals surface area contributed by atoms with E-state index in [-0.39, 0.29) is 0 Å². The van der Waals surface area contributed by atoms with Crippen molar-refractivity contribution in [1.29, 1.82) is 5.26 Å². The summed E-state index contributed by atoms with van der Waals surface area (Å²) in [6.07, 6.45) is 4.35. The van der Waals surface area contributed by atoms with Gasteiger partial charge >= 0.3 is 5.97 Å². The van der Waals surface area contributed by atoms with Crippen LogP contribution < -0.4 is 5.32 Å². The van der Waals surface area contributed by atoms with Crippen molar-refractivity contribution in [3.8, 4) is 17.3 Å². The van der Waals surface area contributed by atoms with E-state index in [2.05, 4.69) is 45.8 Å². The number of hydrogen-bond donors (Lipinski definition) is 2. The Balaban J connectivity index is 1.38. The van der Waals surface area contributed by atoms with Crippen LogP contribution in [0.15, 0.2) is 60.7 Å². The Kier molecular flexibility index (Phi) is 6.23. The Morgan fingerprint density at radius 2 is 1.81 bits per heavy atom. The van der Waals surface area contributed by atoms with Crippen LogP contribution in [0.5, 0.6) is 0 Å². The van der Waals surface area contributed by atoms with Gasteiger partial charge < -0.3 is 10.4 Å². The smallest absolute Gasteiger partial charge is 0.303 e. The average Bonchev–Trinajstić information content (AvgIpc) is 2.80. The van der Waals surface area contributed by atoms with E-state index in [0.717, 1.165) is 42.6 Å². The topological polar surface area (TPSA) is 98.9 Å². The normalized spacial score (nSPS) is 18.2. The summed E-state index contributed by atoms with van der Waals surface area (Å²) in [7, 11) is 0. The van der Waals surface area contributed by atoms with E-state index in [4.69, 9.17) is 10.4 Å². The molecule has 0 saturated heterocycles. The van der Waals surface area contributed by atoms with Gasteiger partial charge in [0.05, 0.1) is 17.3 Å². The molecule has 2 N–H and O–H groups in total. The van der Waals surface area contributed by atoms with Crippen molar-refractivity contribution < 1.29 is 9.90 Å². The fourth-order valence-electron chi connectivity index (χ4n) is 4.24. The molecular formula is C25H24N4O2. The number of aromatic nitrogens is 2. The molecule has 1 aliphatic rings. The monoisotopic (exact) mass is 412 g/mol. The summed E-state index contributed by atoms with van der Waals surface area (Å²) in [5, 5.41) is 29.7. The van der Waals surface area contributed by atoms with Crippen LogP contribution in [0, 0.1) is 17.2 Å². The molecule has 2 aromatic carbocycles. The molecule has 31 heavy (non-hydrogen) atoms. The molecule has 0 amide bonds. The van der Waals surface area contributed by atoms with Crippen molar-refractivity contribution in [1.82, 2.24) is 10.2 Å². The predicted octanol–water partition coefficient (Wildman–Crippen LogP) is 5.51. The van der Waals surface area contributed by atoms with Crippen molar-refractivity contribution >= 4 is 17.5 Å². The van der Waals surface area contributed by atoms with Crippen molar-refractivity contribution in [2.75, 3.05) is 5.32 Å². The maximum absolute atomic E-state index is 10.9. The third-order valence-electron chi connectivity index (χ3n) is 5.92. The highest BCUT2D eigenvalue weighted by atomic mass is 16.4. The second-order valence-corrected chi connectivity index (χ2v) is 8.06. The van der Waals surface area contributed by atoms with Crippen molar-refractivity contribution in [2.24, 2.45) is 5.92 Å². The fraction of sp³-hybridized carbons (Fsp3) is 0.280. The van der Waals surface area contributed by atoms with Gasteiger partial charge in [-0.25, -0.2) is 0 Å². The molecule has 0 atom stereocenters. The molecular weight excluding hydrogens is 388 g/mol. The maximum atomic E-state index is 10.9. The van der Waals surface area contributed by atoms with E-state index in [9.17, 15) is 4.79 Å². The summed E-state index contributed by atoms with van der Waals surface area (Å²) in [5.41, 5.74) is 4.50. The lowest BCUT2D eigenvalue weighted by molar-refractivity contribution is -0.138. The van der Waals surface area contributed by atoms with Gasteiger partial charge in [0.2, 0.25) is 0 Å². The first kappa shape index (κ1) is 20.5. The Morgan fingerprint density at radius 3 is 2.45 bits per heavy atom. The summed E-state index contributed by atoms with van der Waals surface area (Å²) in [5.74, 6) is 0.748. The third kappa shape index (κ3) is 5.26. The summed E-state index contributed by atoms with van der Waals surface area (Å²) in [6.45, 7) is 0. The van der Waals surface area contributed by atoms with Gasteiger partial charge in [0.15, 0.2) is 5.82 Å². The number of carbonyl (C=O) groups is 1. The number of hydrogen-bond acceptors (Lipinski definition) is 5. The van der Waals surface area contributed by atoms with E-state index < -0.39 is 5.97 Å². The van der Waals surface area contributed by atoms with Gasteiger partial charge in [0.25, 0.3) is 0 Å². The van der Waals surface area contributed by atoms with Crippen molar-refractivity contribution in [3.05, 3.63) is 71.8 Å². The predicted molar refractivity (Wildman–Crippen MR) is 119 cm³/mol. The number of benzene rings is 2. The van der Waals surface area contributed by atoms with E-state index in [1.165, 1.54) is 5.56 Å². The summed E-state index contributed by atoms with van der Waals surface area (Å²) >= 11 is 0. The lowest BCUT2D eigenvalue weighted by atomic mass is 9.77. The zero-order valence-corrected chi connectivity index (χ0v) is 17.2. The zero-order valence-electron chi connectivity index (χ0n) is 17.2. The van der Waals surface area contributed by atoms with Crippen LogP contribution in [0.1, 0.15) is 49.1 Å². The van der Waals surface area contributed by atoms with E-state index in [1.807, 2.05) is 24.3 Å². The highest BCUT2D eigenvalue weighted by Crippen LogP contribution is 2.37. The van der Waals surface area contributed by atoms with Gasteiger partial charge in [-0.05, 0) is 73.4 Å². The number of aliphatic carboxylic acids is 1. The van der Waals surface area contributed by atoms with Crippen LogP contribution in [0.2, 0.25) is 0 Å². The molecule has 6 heteroatoms. The van der Waals surface area contributed by atoms with Gasteiger partial charge in [-0.1, -0.05) is 30.3 Å². The Hall–Kier alpha value is -3.72. The second kappa shape index (κ2) is 9.40. The van der Waals surface area contributed by atoms with Gasteiger partial charge in [-0.15, -0.1) is 10.2 Å². The zero-order chi connectivity index (χ0) is 21.6. The van der Waals surface area contributed by atoms with Gasteiger partial charge in [-0.2, -0.15) is 5.26 Å². The summed E-state index contributed by atoms with van der Waals surface area (Å²) in [6, 6.07) is 21.6. The molecule has 6 nitrogen and oxygen atoms in total. The molecule has 156 valence electrons. The summed E-state index contributed by atoms with van der Waals surface area (Å²) < 4.78 is 0. The third-order valence-corrected chi connectivity index (χ3v) is 5.92. The first-order chi connectivity index (χ1) is 15.1. The van der Waals surface area contributed by atoms with Crippen LogP contribution in [-0.2, 0) is 4.79 Å². The minimum atomic E-state index is -0.689. The lowest BCUT2D eigenvalue weighted by Crippen LogP contribution is -2.16. The Morgan fingerprint density at radius 1 is 1.03 bits per heavy atom. The van der Waals surface area contributed by atoms with Gasteiger partial charge in [-0.3, -0.25) is 4.79 Å². The quantitative estimate of drug-likeness (QED) is 0.554. The Labute approximate surface area is 181 Å². The molecule has 3 aromatic rings. The van der Waals surface area contributed by atoms with Crippen LogP contribution in [0.4, 0.5) is 11.5 Å². The molecule has 0 aliphatic heterocycles. The first-order valence-electron chi connectivity index (χ1n) is 10.5. The maximum Gasteiger partial charge on any atom is 0.303 e. The highest BCUT2D eigenvalue weighted by molar-refractivity contribution is 5.67. The van der Waals surface area contributed by atoms with Crippen LogP contribution >= 0.6 is 0 Å². The molecule has 1 fully saturated rings. The standard InChI is InChI=1S/C25H24N4O2/c26-16-18-2-1-3-22(14-18)27-24-13-12-23(28-29-24)21-10-8-20(9-11-21)19-6-4-17(5-7-19)15-25(30)31/h1-3,8-14,17,19H,4-7,15H2,(H,27,29)(H,30,31). The molecule has 0 bridgehead atoms. The minimum absolute atomic E-state index is 0.291. The summed E-state index contributed by atoms with van der Waals surface area (Å²) in [4.78, 5) is 10.9. The molecule has 1 saturated carbocycles. The molecule has 1 aromatic heterocycles. The van der Waals surface area contributed by atoms with Crippen LogP contribution in [0.25, 0.3) is 11.3 Å². The van der Waals surface area contributed by atoms with Crippen LogP contribution in [-0.4, -0.2) is 21.3 Å². The Bertz CT molecular complexity index is 1080. The van der Waals surface area contributed by atoms with E-state index >= 15 is 0 Å². The number of nitrogens with one attached hydrogen (secondary N) is 1. The fourth-order valence-corrected chi connectivity index (χ4v) is 4.24. The largest absolute Gasteiger partial charge is 0.481 e.